The molecule has 1 amide bonds. The summed E-state index contributed by atoms with van der Waals surface area (Å²) in [6.45, 7) is -0.308. The van der Waals surface area contributed by atoms with Crippen LogP contribution in [0.25, 0.3) is 10.9 Å². The van der Waals surface area contributed by atoms with Gasteiger partial charge in [-0.15, -0.1) is 0 Å². The summed E-state index contributed by atoms with van der Waals surface area (Å²) >= 11 is 5.72. The molecule has 0 bridgehead atoms. The average molecular weight is 432 g/mol. The molecule has 3 aromatic carbocycles. The Balaban J connectivity index is 1.55. The van der Waals surface area contributed by atoms with Crippen LogP contribution in [0.3, 0.4) is 0 Å². The van der Waals surface area contributed by atoms with E-state index in [9.17, 15) is 18.0 Å². The number of nitrogens with one attached hydrogen (secondary N) is 2. The van der Waals surface area contributed by atoms with Crippen LogP contribution in [0.1, 0.15) is 15.9 Å². The number of hydrogen-bond acceptors (Lipinski definition) is 3. The van der Waals surface area contributed by atoms with E-state index < -0.39 is 23.4 Å². The Hall–Kier alpha value is -3.52. The minimum Gasteiger partial charge on any atom is -0.489 e. The maximum absolute atomic E-state index is 13.8. The van der Waals surface area contributed by atoms with Gasteiger partial charge in [-0.1, -0.05) is 17.7 Å². The van der Waals surface area contributed by atoms with Crippen LogP contribution in [0, 0.1) is 17.5 Å². The van der Waals surface area contributed by atoms with Gasteiger partial charge >= 0.3 is 0 Å². The molecule has 4 aromatic rings. The Labute approximate surface area is 173 Å². The zero-order valence-electron chi connectivity index (χ0n) is 15.2. The number of anilines is 1. The topological polar surface area (TPSA) is 67.0 Å². The highest BCUT2D eigenvalue weighted by Gasteiger charge is 2.14. The van der Waals surface area contributed by atoms with Crippen LogP contribution in [-0.4, -0.2) is 16.1 Å². The number of ether oxygens (including phenoxy) is 1. The Morgan fingerprint density at radius 2 is 1.80 bits per heavy atom. The molecule has 0 fully saturated rings. The van der Waals surface area contributed by atoms with Crippen molar-refractivity contribution in [1.29, 1.82) is 0 Å². The molecular weight excluding hydrogens is 419 g/mol. The van der Waals surface area contributed by atoms with Gasteiger partial charge in [0.15, 0.2) is 5.82 Å². The van der Waals surface area contributed by atoms with E-state index in [1.807, 2.05) is 0 Å². The van der Waals surface area contributed by atoms with Crippen LogP contribution < -0.4 is 10.1 Å². The SMILES string of the molecule is O=C(Nc1n[nH]c2ccc(OCc3c(F)cccc3F)cc12)c1ccc(F)c(Cl)c1. The summed E-state index contributed by atoms with van der Waals surface area (Å²) in [4.78, 5) is 12.4. The van der Waals surface area contributed by atoms with Crippen molar-refractivity contribution < 1.29 is 22.7 Å². The van der Waals surface area contributed by atoms with E-state index in [0.29, 0.717) is 16.7 Å². The second-order valence-corrected chi connectivity index (χ2v) is 6.76. The number of fused-ring (bicyclic) bond motifs is 1. The van der Waals surface area contributed by atoms with Crippen molar-refractivity contribution in [2.45, 2.75) is 6.61 Å². The van der Waals surface area contributed by atoms with Crippen LogP contribution in [0.2, 0.25) is 5.02 Å². The maximum Gasteiger partial charge on any atom is 0.256 e. The van der Waals surface area contributed by atoms with Gasteiger partial charge in [0.05, 0.1) is 16.1 Å². The van der Waals surface area contributed by atoms with Crippen molar-refractivity contribution in [1.82, 2.24) is 10.2 Å². The first-order chi connectivity index (χ1) is 14.4. The molecule has 4 rings (SSSR count). The fourth-order valence-corrected chi connectivity index (χ4v) is 3.00. The summed E-state index contributed by atoms with van der Waals surface area (Å²) in [7, 11) is 0. The highest BCUT2D eigenvalue weighted by molar-refractivity contribution is 6.31. The molecule has 1 aromatic heterocycles. The zero-order valence-corrected chi connectivity index (χ0v) is 15.9. The third-order valence-electron chi connectivity index (χ3n) is 4.39. The van der Waals surface area contributed by atoms with E-state index in [4.69, 9.17) is 16.3 Å². The Morgan fingerprint density at radius 3 is 2.53 bits per heavy atom. The number of halogens is 4. The number of rotatable bonds is 5. The molecule has 1 heterocycles. The monoisotopic (exact) mass is 431 g/mol. The number of nitrogens with zero attached hydrogens (tertiary/aromatic N) is 1. The van der Waals surface area contributed by atoms with Crippen LogP contribution in [0.4, 0.5) is 19.0 Å². The van der Waals surface area contributed by atoms with Gasteiger partial charge in [-0.25, -0.2) is 13.2 Å². The summed E-state index contributed by atoms with van der Waals surface area (Å²) in [6.07, 6.45) is 0. The minimum atomic E-state index is -0.703. The molecule has 0 radical (unpaired) electrons. The normalized spacial score (nSPS) is 10.9. The van der Waals surface area contributed by atoms with Gasteiger partial charge in [-0.2, -0.15) is 5.10 Å². The summed E-state index contributed by atoms with van der Waals surface area (Å²) < 4.78 is 46.3. The van der Waals surface area contributed by atoms with Crippen molar-refractivity contribution in [3.63, 3.8) is 0 Å². The number of aromatic nitrogens is 2. The van der Waals surface area contributed by atoms with Gasteiger partial charge in [0.1, 0.15) is 29.8 Å². The van der Waals surface area contributed by atoms with Crippen molar-refractivity contribution in [2.75, 3.05) is 5.32 Å². The predicted molar refractivity (Wildman–Crippen MR) is 106 cm³/mol. The first-order valence-corrected chi connectivity index (χ1v) is 9.10. The van der Waals surface area contributed by atoms with Crippen LogP contribution in [0.15, 0.2) is 54.6 Å². The standard InChI is InChI=1S/C21H13ClF3N3O2/c22-15-8-11(4-6-18(15)25)21(29)26-20-13-9-12(5-7-19(13)27-28-20)30-10-14-16(23)2-1-3-17(14)24/h1-9H,10H2,(H2,26,27,28,29). The van der Waals surface area contributed by atoms with Crippen LogP contribution >= 0.6 is 11.6 Å². The van der Waals surface area contributed by atoms with Crippen LogP contribution in [-0.2, 0) is 6.61 Å². The lowest BCUT2D eigenvalue weighted by molar-refractivity contribution is 0.102. The third-order valence-corrected chi connectivity index (χ3v) is 4.68. The smallest absolute Gasteiger partial charge is 0.256 e. The van der Waals surface area contributed by atoms with Crippen molar-refractivity contribution in [3.8, 4) is 5.75 Å². The molecule has 0 atom stereocenters. The molecule has 2 N–H and O–H groups in total. The molecule has 152 valence electrons. The van der Waals surface area contributed by atoms with E-state index in [2.05, 4.69) is 15.5 Å². The molecule has 0 saturated heterocycles. The molecule has 30 heavy (non-hydrogen) atoms. The lowest BCUT2D eigenvalue weighted by Crippen LogP contribution is -2.12. The fourth-order valence-electron chi connectivity index (χ4n) is 2.82. The Kier molecular flexibility index (Phi) is 5.33. The highest BCUT2D eigenvalue weighted by Crippen LogP contribution is 2.27. The molecule has 0 aliphatic carbocycles. The fraction of sp³-hybridized carbons (Fsp3) is 0.0476. The number of H-pyrrole nitrogens is 1. The summed E-state index contributed by atoms with van der Waals surface area (Å²) in [5.41, 5.74) is 0.568. The average Bonchev–Trinajstić information content (AvgIpc) is 3.11. The molecule has 0 unspecified atom stereocenters. The van der Waals surface area contributed by atoms with Crippen molar-refractivity contribution >= 4 is 34.2 Å². The van der Waals surface area contributed by atoms with E-state index in [0.717, 1.165) is 18.2 Å². The van der Waals surface area contributed by atoms with Gasteiger partial charge in [-0.05, 0) is 48.5 Å². The summed E-state index contributed by atoms with van der Waals surface area (Å²) in [6, 6.07) is 12.0. The zero-order chi connectivity index (χ0) is 21.3. The largest absolute Gasteiger partial charge is 0.489 e. The number of amides is 1. The Morgan fingerprint density at radius 1 is 1.03 bits per heavy atom. The number of benzene rings is 3. The lowest BCUT2D eigenvalue weighted by Gasteiger charge is -2.09. The maximum atomic E-state index is 13.8. The van der Waals surface area contributed by atoms with Crippen molar-refractivity contribution in [3.05, 3.63) is 88.2 Å². The van der Waals surface area contributed by atoms with Gasteiger partial charge in [0.25, 0.3) is 5.91 Å². The molecule has 5 nitrogen and oxygen atoms in total. The first-order valence-electron chi connectivity index (χ1n) is 8.72. The molecule has 0 aliphatic rings. The van der Waals surface area contributed by atoms with E-state index in [1.54, 1.807) is 18.2 Å². The third kappa shape index (κ3) is 3.95. The second kappa shape index (κ2) is 8.08. The predicted octanol–water partition coefficient (Wildman–Crippen LogP) is 5.46. The molecule has 0 spiro atoms. The quantitative estimate of drug-likeness (QED) is 0.440. The van der Waals surface area contributed by atoms with E-state index in [1.165, 1.54) is 18.2 Å². The van der Waals surface area contributed by atoms with Gasteiger partial charge in [0.2, 0.25) is 0 Å². The van der Waals surface area contributed by atoms with Crippen LogP contribution in [0.5, 0.6) is 5.75 Å². The molecule has 0 aliphatic heterocycles. The van der Waals surface area contributed by atoms with Gasteiger partial charge in [-0.3, -0.25) is 9.89 Å². The molecule has 0 saturated carbocycles. The number of carbonyl (C=O) groups excluding carboxylic acids is 1. The molecule has 9 heteroatoms. The van der Waals surface area contributed by atoms with Gasteiger partial charge in [0, 0.05) is 10.9 Å². The number of carbonyl (C=O) groups is 1. The van der Waals surface area contributed by atoms with E-state index in [-0.39, 0.29) is 28.6 Å². The van der Waals surface area contributed by atoms with E-state index >= 15 is 0 Å². The van der Waals surface area contributed by atoms with Gasteiger partial charge < -0.3 is 10.1 Å². The molecular formula is C21H13ClF3N3O2. The number of hydrogen-bond donors (Lipinski definition) is 2. The first kappa shape index (κ1) is 19.8. The lowest BCUT2D eigenvalue weighted by atomic mass is 10.2. The minimum absolute atomic E-state index is 0.153. The number of aromatic amines is 1. The highest BCUT2D eigenvalue weighted by atomic mass is 35.5. The summed E-state index contributed by atoms with van der Waals surface area (Å²) in [5.74, 6) is -2.04. The Bertz CT molecular complexity index is 1240. The second-order valence-electron chi connectivity index (χ2n) is 6.35. The van der Waals surface area contributed by atoms with Crippen molar-refractivity contribution in [2.24, 2.45) is 0 Å². The summed E-state index contributed by atoms with van der Waals surface area (Å²) in [5, 5.41) is 9.76.